The number of para-hydroxylation sites is 1. The number of carbonyl (C=O) groups is 3. The van der Waals surface area contributed by atoms with Gasteiger partial charge in [-0.05, 0) is 55.9 Å². The zero-order chi connectivity index (χ0) is 27.7. The number of likely N-dealkylation sites (tertiary alicyclic amines) is 1. The van der Waals surface area contributed by atoms with Crippen molar-refractivity contribution in [1.82, 2.24) is 4.90 Å². The van der Waals surface area contributed by atoms with E-state index in [-0.39, 0.29) is 24.8 Å². The molecular weight excluding hydrogens is 524 g/mol. The fourth-order valence-electron chi connectivity index (χ4n) is 5.50. The summed E-state index contributed by atoms with van der Waals surface area (Å²) in [5.74, 6) is -0.767. The smallest absolute Gasteiger partial charge is 0.308 e. The molecule has 1 saturated carbocycles. The van der Waals surface area contributed by atoms with Gasteiger partial charge in [-0.1, -0.05) is 23.7 Å². The van der Waals surface area contributed by atoms with Crippen molar-refractivity contribution >= 4 is 35.1 Å². The van der Waals surface area contributed by atoms with Crippen molar-refractivity contribution < 1.29 is 33.7 Å². The van der Waals surface area contributed by atoms with Crippen LogP contribution in [0, 0.1) is 11.8 Å². The summed E-state index contributed by atoms with van der Waals surface area (Å²) in [6.07, 6.45) is 1.14. The lowest BCUT2D eigenvalue weighted by molar-refractivity contribution is -0.148. The summed E-state index contributed by atoms with van der Waals surface area (Å²) in [7, 11) is 3.09. The van der Waals surface area contributed by atoms with Crippen molar-refractivity contribution in [3.05, 3.63) is 52.5 Å². The molecule has 2 aromatic rings. The number of methoxy groups -OCH3 is 2. The molecule has 0 bridgehead atoms. The number of carbonyl (C=O) groups excluding carboxylic acids is 2. The summed E-state index contributed by atoms with van der Waals surface area (Å²) in [4.78, 5) is 42.3. The first-order chi connectivity index (χ1) is 18.8. The molecule has 5 rings (SSSR count). The van der Waals surface area contributed by atoms with Crippen molar-refractivity contribution in [2.75, 3.05) is 38.8 Å². The van der Waals surface area contributed by atoms with E-state index in [9.17, 15) is 19.5 Å². The number of hydrogen-bond acceptors (Lipinski definition) is 6. The number of halogens is 1. The second-order valence-corrected chi connectivity index (χ2v) is 10.8. The molecule has 39 heavy (non-hydrogen) atoms. The minimum atomic E-state index is -1.09. The maximum Gasteiger partial charge on any atom is 0.308 e. The van der Waals surface area contributed by atoms with E-state index in [1.807, 2.05) is 18.2 Å². The van der Waals surface area contributed by atoms with Crippen LogP contribution in [0.15, 0.2) is 36.4 Å². The molecule has 0 spiro atoms. The Morgan fingerprint density at radius 2 is 1.90 bits per heavy atom. The van der Waals surface area contributed by atoms with Gasteiger partial charge in [0.1, 0.15) is 12.2 Å². The number of hydrogen-bond donors (Lipinski definition) is 1. The first-order valence-corrected chi connectivity index (χ1v) is 13.7. The molecule has 9 nitrogen and oxygen atoms in total. The Balaban J connectivity index is 1.55. The maximum absolute atomic E-state index is 14.0. The molecule has 2 aromatic carbocycles. The van der Waals surface area contributed by atoms with Crippen molar-refractivity contribution in [2.45, 2.75) is 44.3 Å². The zero-order valence-electron chi connectivity index (χ0n) is 22.1. The highest BCUT2D eigenvalue weighted by Crippen LogP contribution is 2.46. The summed E-state index contributed by atoms with van der Waals surface area (Å²) in [6, 6.07) is 10.8. The molecule has 0 radical (unpaired) electrons. The van der Waals surface area contributed by atoms with Crippen LogP contribution in [0.2, 0.25) is 5.02 Å². The first-order valence-electron chi connectivity index (χ1n) is 13.3. The average Bonchev–Trinajstić information content (AvgIpc) is 3.78. The monoisotopic (exact) mass is 556 g/mol. The number of carboxylic acids is 1. The molecule has 1 aliphatic carbocycles. The third kappa shape index (κ3) is 5.70. The Kier molecular flexibility index (Phi) is 8.00. The van der Waals surface area contributed by atoms with Gasteiger partial charge in [-0.3, -0.25) is 14.4 Å². The van der Waals surface area contributed by atoms with Crippen LogP contribution in [0.1, 0.15) is 49.3 Å². The predicted octanol–water partition coefficient (Wildman–Crippen LogP) is 4.30. The van der Waals surface area contributed by atoms with E-state index in [4.69, 9.17) is 25.8 Å². The maximum atomic E-state index is 14.0. The molecule has 1 saturated heterocycles. The van der Waals surface area contributed by atoms with Gasteiger partial charge in [0.2, 0.25) is 5.91 Å². The minimum Gasteiger partial charge on any atom is -0.493 e. The highest BCUT2D eigenvalue weighted by Gasteiger charge is 2.41. The van der Waals surface area contributed by atoms with Crippen LogP contribution in [0.25, 0.3) is 0 Å². The summed E-state index contributed by atoms with van der Waals surface area (Å²) in [6.45, 7) is 1.11. The fraction of sp³-hybridized carbons (Fsp3) is 0.483. The normalized spacial score (nSPS) is 23.2. The van der Waals surface area contributed by atoms with Crippen molar-refractivity contribution in [3.63, 3.8) is 0 Å². The van der Waals surface area contributed by atoms with Crippen LogP contribution in [0.3, 0.4) is 0 Å². The van der Waals surface area contributed by atoms with Gasteiger partial charge in [0.05, 0.1) is 26.6 Å². The fourth-order valence-corrected chi connectivity index (χ4v) is 5.68. The lowest BCUT2D eigenvalue weighted by atomic mass is 9.97. The SMILES string of the molecule is COc1cccc(C2OC(CC(=O)N3CCCC(C(=O)O)C3)C(=O)N(CC3CC3)c3ccc(Cl)cc32)c1OC. The molecule has 2 heterocycles. The molecule has 2 amide bonds. The van der Waals surface area contributed by atoms with E-state index in [2.05, 4.69) is 0 Å². The number of carboxylic acid groups (broad SMARTS) is 1. The molecule has 2 fully saturated rings. The zero-order valence-corrected chi connectivity index (χ0v) is 22.9. The molecule has 10 heteroatoms. The van der Waals surface area contributed by atoms with E-state index in [0.717, 1.165) is 12.8 Å². The van der Waals surface area contributed by atoms with E-state index in [0.29, 0.717) is 65.2 Å². The molecule has 2 aliphatic heterocycles. The molecule has 208 valence electrons. The Hall–Kier alpha value is -3.30. The summed E-state index contributed by atoms with van der Waals surface area (Å²) in [5, 5.41) is 9.97. The van der Waals surface area contributed by atoms with Gasteiger partial charge in [0.15, 0.2) is 11.5 Å². The van der Waals surface area contributed by atoms with E-state index < -0.39 is 24.1 Å². The third-order valence-electron chi connectivity index (χ3n) is 7.74. The standard InChI is InChI=1S/C29H33ClN2O7/c1-37-23-7-3-6-20(27(23)38-2)26-21-13-19(30)10-11-22(21)32(15-17-8-9-17)28(34)24(39-26)14-25(33)31-12-4-5-18(16-31)29(35)36/h3,6-7,10-11,13,17-18,24,26H,4-5,8-9,12,14-16H2,1-2H3,(H,35,36). The highest BCUT2D eigenvalue weighted by molar-refractivity contribution is 6.30. The molecule has 3 unspecified atom stereocenters. The average molecular weight is 557 g/mol. The minimum absolute atomic E-state index is 0.129. The van der Waals surface area contributed by atoms with Crippen LogP contribution in [0.4, 0.5) is 5.69 Å². The quantitative estimate of drug-likeness (QED) is 0.516. The third-order valence-corrected chi connectivity index (χ3v) is 7.98. The number of nitrogens with zero attached hydrogens (tertiary/aromatic N) is 2. The second kappa shape index (κ2) is 11.4. The second-order valence-electron chi connectivity index (χ2n) is 10.4. The molecule has 3 aliphatic rings. The van der Waals surface area contributed by atoms with Crippen molar-refractivity contribution in [2.24, 2.45) is 11.8 Å². The molecule has 0 aromatic heterocycles. The number of ether oxygens (including phenoxy) is 3. The number of amides is 2. The Labute approximate surface area is 232 Å². The van der Waals surface area contributed by atoms with Gasteiger partial charge in [-0.25, -0.2) is 0 Å². The van der Waals surface area contributed by atoms with E-state index in [1.54, 1.807) is 35.1 Å². The number of anilines is 1. The molecular formula is C29H33ClN2O7. The van der Waals surface area contributed by atoms with Crippen LogP contribution in [0.5, 0.6) is 11.5 Å². The largest absolute Gasteiger partial charge is 0.493 e. The highest BCUT2D eigenvalue weighted by atomic mass is 35.5. The lowest BCUT2D eigenvalue weighted by Crippen LogP contribution is -2.46. The Morgan fingerprint density at radius 1 is 1.10 bits per heavy atom. The van der Waals surface area contributed by atoms with Crippen molar-refractivity contribution in [3.8, 4) is 11.5 Å². The number of benzene rings is 2. The van der Waals surface area contributed by atoms with Gasteiger partial charge in [0, 0.05) is 41.5 Å². The number of rotatable bonds is 8. The molecule has 3 atom stereocenters. The van der Waals surface area contributed by atoms with E-state index in [1.165, 1.54) is 7.11 Å². The van der Waals surface area contributed by atoms with Crippen LogP contribution in [-0.4, -0.2) is 67.7 Å². The van der Waals surface area contributed by atoms with Gasteiger partial charge in [-0.15, -0.1) is 0 Å². The topological polar surface area (TPSA) is 106 Å². The van der Waals surface area contributed by atoms with Gasteiger partial charge in [-0.2, -0.15) is 0 Å². The summed E-state index contributed by atoms with van der Waals surface area (Å²) in [5.41, 5.74) is 2.02. The Bertz CT molecular complexity index is 1260. The van der Waals surface area contributed by atoms with Gasteiger partial charge in [0.25, 0.3) is 5.91 Å². The molecule has 1 N–H and O–H groups in total. The predicted molar refractivity (Wildman–Crippen MR) is 144 cm³/mol. The van der Waals surface area contributed by atoms with Gasteiger partial charge < -0.3 is 29.1 Å². The summed E-state index contributed by atoms with van der Waals surface area (Å²) < 4.78 is 17.8. The van der Waals surface area contributed by atoms with Crippen LogP contribution in [-0.2, 0) is 19.1 Å². The number of piperidine rings is 1. The van der Waals surface area contributed by atoms with Crippen molar-refractivity contribution in [1.29, 1.82) is 0 Å². The van der Waals surface area contributed by atoms with Crippen LogP contribution >= 0.6 is 11.6 Å². The summed E-state index contributed by atoms with van der Waals surface area (Å²) >= 11 is 6.45. The number of aliphatic carboxylic acids is 1. The van der Waals surface area contributed by atoms with Gasteiger partial charge >= 0.3 is 5.97 Å². The lowest BCUT2D eigenvalue weighted by Gasteiger charge is -2.32. The Morgan fingerprint density at radius 3 is 2.59 bits per heavy atom. The van der Waals surface area contributed by atoms with E-state index >= 15 is 0 Å². The first kappa shape index (κ1) is 27.3. The van der Waals surface area contributed by atoms with Crippen LogP contribution < -0.4 is 14.4 Å². The number of fused-ring (bicyclic) bond motifs is 1.